The summed E-state index contributed by atoms with van der Waals surface area (Å²) in [5.74, 6) is 0. The second kappa shape index (κ2) is 5.68. The molecule has 5 rings (SSSR count). The number of hydrogen-bond donors (Lipinski definition) is 0. The van der Waals surface area contributed by atoms with Crippen molar-refractivity contribution in [3.63, 3.8) is 0 Å². The molecule has 132 valence electrons. The first-order valence-electron chi connectivity index (χ1n) is 10.6. The van der Waals surface area contributed by atoms with Crippen LogP contribution in [0.5, 0.6) is 0 Å². The molecule has 0 atom stereocenters. The van der Waals surface area contributed by atoms with Crippen molar-refractivity contribution < 1.29 is 13.1 Å². The van der Waals surface area contributed by atoms with E-state index in [1.165, 1.54) is 16.3 Å². The van der Waals surface area contributed by atoms with Crippen LogP contribution in [0.3, 0.4) is 0 Å². The van der Waals surface area contributed by atoms with Gasteiger partial charge in [-0.15, -0.1) is 0 Å². The van der Waals surface area contributed by atoms with Crippen LogP contribution in [-0.4, -0.2) is 0 Å². The van der Waals surface area contributed by atoms with Crippen molar-refractivity contribution >= 4 is 32.7 Å². The van der Waals surface area contributed by atoms with Crippen LogP contribution >= 0.6 is 0 Å². The Labute approximate surface area is 162 Å². The average Bonchev–Trinajstić information content (AvgIpc) is 3.04. The van der Waals surface area contributed by atoms with Gasteiger partial charge in [-0.3, -0.25) is 0 Å². The number of pyridine rings is 1. The maximum Gasteiger partial charge on any atom is 0.216 e. The van der Waals surface area contributed by atoms with Gasteiger partial charge in [-0.1, -0.05) is 47.5 Å². The lowest BCUT2D eigenvalue weighted by atomic mass is 10.0. The standard InChI is InChI=1S/C25H22NO/c1-15-5-8-19(17(3)11-15)22-13-24-21(14-26(22)4)25-20-9-6-16(2)12-18(20)7-10-23(25)27-24/h5-14H,1-4H3/q+1/i1D3. The predicted octanol–water partition coefficient (Wildman–Crippen LogP) is 6.16. The Bertz CT molecular complexity index is 1460. The van der Waals surface area contributed by atoms with Crippen LogP contribution < -0.4 is 4.57 Å². The normalized spacial score (nSPS) is 13.8. The van der Waals surface area contributed by atoms with Gasteiger partial charge in [0.25, 0.3) is 0 Å². The highest BCUT2D eigenvalue weighted by molar-refractivity contribution is 6.18. The zero-order valence-corrected chi connectivity index (χ0v) is 15.6. The van der Waals surface area contributed by atoms with Crippen molar-refractivity contribution in [2.75, 3.05) is 0 Å². The monoisotopic (exact) mass is 355 g/mol. The van der Waals surface area contributed by atoms with Crippen molar-refractivity contribution in [2.45, 2.75) is 20.7 Å². The van der Waals surface area contributed by atoms with Crippen LogP contribution in [0.25, 0.3) is 44.0 Å². The third-order valence-electron chi connectivity index (χ3n) is 5.36. The van der Waals surface area contributed by atoms with Gasteiger partial charge >= 0.3 is 0 Å². The molecule has 3 aromatic carbocycles. The van der Waals surface area contributed by atoms with Crippen LogP contribution in [0.4, 0.5) is 0 Å². The Hall–Kier alpha value is -3.13. The summed E-state index contributed by atoms with van der Waals surface area (Å²) in [5, 5.41) is 4.58. The first-order valence-corrected chi connectivity index (χ1v) is 9.09. The lowest BCUT2D eigenvalue weighted by Gasteiger charge is -2.05. The van der Waals surface area contributed by atoms with E-state index in [9.17, 15) is 0 Å². The Balaban J connectivity index is 1.75. The number of fused-ring (bicyclic) bond motifs is 5. The summed E-state index contributed by atoms with van der Waals surface area (Å²) >= 11 is 0. The molecule has 0 bridgehead atoms. The third-order valence-corrected chi connectivity index (χ3v) is 5.36. The summed E-state index contributed by atoms with van der Waals surface area (Å²) in [7, 11) is 2.01. The lowest BCUT2D eigenvalue weighted by molar-refractivity contribution is -0.659. The zero-order valence-electron chi connectivity index (χ0n) is 18.6. The Morgan fingerprint density at radius 1 is 0.852 bits per heavy atom. The van der Waals surface area contributed by atoms with E-state index in [1.54, 1.807) is 12.1 Å². The van der Waals surface area contributed by atoms with E-state index in [4.69, 9.17) is 8.53 Å². The SMILES string of the molecule is [2H]C([2H])([2H])c1ccc(-c2cc3oc4ccc5cc(C)ccc5c4c3c[n+]2C)c(C)c1. The fourth-order valence-corrected chi connectivity index (χ4v) is 4.03. The fourth-order valence-electron chi connectivity index (χ4n) is 4.03. The van der Waals surface area contributed by atoms with Crippen LogP contribution in [0, 0.1) is 20.7 Å². The van der Waals surface area contributed by atoms with Gasteiger partial charge in [0.05, 0.1) is 11.5 Å². The maximum absolute atomic E-state index is 7.65. The molecule has 0 aliphatic heterocycles. The van der Waals surface area contributed by atoms with Gasteiger partial charge in [-0.25, -0.2) is 4.57 Å². The number of furan rings is 1. The van der Waals surface area contributed by atoms with Gasteiger partial charge in [0.2, 0.25) is 5.69 Å². The zero-order chi connectivity index (χ0) is 21.2. The minimum absolute atomic E-state index is 0.359. The quantitative estimate of drug-likeness (QED) is 0.329. The average molecular weight is 355 g/mol. The molecule has 0 unspecified atom stereocenters. The van der Waals surface area contributed by atoms with Gasteiger partial charge < -0.3 is 4.42 Å². The van der Waals surface area contributed by atoms with Crippen LogP contribution in [0.15, 0.2) is 65.2 Å². The molecule has 0 amide bonds. The topological polar surface area (TPSA) is 17.0 Å². The molecule has 2 nitrogen and oxygen atoms in total. The minimum atomic E-state index is -2.10. The van der Waals surface area contributed by atoms with E-state index in [0.717, 1.165) is 38.8 Å². The van der Waals surface area contributed by atoms with E-state index in [1.807, 2.05) is 32.2 Å². The summed E-state index contributed by atoms with van der Waals surface area (Å²) in [6, 6.07) is 18.0. The molecule has 0 N–H and O–H groups in total. The summed E-state index contributed by atoms with van der Waals surface area (Å²) in [6.07, 6.45) is 2.10. The number of aryl methyl sites for hydroxylation is 4. The van der Waals surface area contributed by atoms with Crippen molar-refractivity contribution in [3.05, 3.63) is 77.5 Å². The number of hydrogen-bond acceptors (Lipinski definition) is 1. The molecule has 2 heterocycles. The molecule has 5 aromatic rings. The molecule has 0 saturated carbocycles. The van der Waals surface area contributed by atoms with E-state index in [-0.39, 0.29) is 0 Å². The van der Waals surface area contributed by atoms with E-state index < -0.39 is 6.85 Å². The molecule has 0 spiro atoms. The number of aromatic nitrogens is 1. The summed E-state index contributed by atoms with van der Waals surface area (Å²) in [6.45, 7) is 1.94. The summed E-state index contributed by atoms with van der Waals surface area (Å²) in [4.78, 5) is 0. The van der Waals surface area contributed by atoms with Gasteiger partial charge in [-0.05, 0) is 49.2 Å². The Morgan fingerprint density at radius 3 is 2.52 bits per heavy atom. The first-order chi connectivity index (χ1) is 14.2. The second-order valence-corrected chi connectivity index (χ2v) is 7.34. The highest BCUT2D eigenvalue weighted by Gasteiger charge is 2.19. The number of benzene rings is 3. The molecule has 0 aliphatic carbocycles. The highest BCUT2D eigenvalue weighted by Crippen LogP contribution is 2.35. The van der Waals surface area contributed by atoms with Gasteiger partial charge in [0.15, 0.2) is 6.20 Å². The van der Waals surface area contributed by atoms with E-state index >= 15 is 0 Å². The Kier molecular flexibility index (Phi) is 2.76. The molecule has 27 heavy (non-hydrogen) atoms. The second-order valence-electron chi connectivity index (χ2n) is 7.34. The van der Waals surface area contributed by atoms with E-state index in [2.05, 4.69) is 42.0 Å². The summed E-state index contributed by atoms with van der Waals surface area (Å²) < 4.78 is 31.3. The van der Waals surface area contributed by atoms with Crippen LogP contribution in [-0.2, 0) is 7.05 Å². The van der Waals surface area contributed by atoms with Gasteiger partial charge in [-0.2, -0.15) is 0 Å². The molecule has 2 aromatic heterocycles. The molecule has 0 aliphatic rings. The molecular weight excluding hydrogens is 330 g/mol. The van der Waals surface area contributed by atoms with Crippen molar-refractivity contribution in [1.82, 2.24) is 0 Å². The smallest absolute Gasteiger partial charge is 0.216 e. The van der Waals surface area contributed by atoms with Crippen molar-refractivity contribution in [1.29, 1.82) is 0 Å². The molecule has 2 heteroatoms. The first kappa shape index (κ1) is 13.1. The largest absolute Gasteiger partial charge is 0.456 e. The highest BCUT2D eigenvalue weighted by atomic mass is 16.3. The molecule has 0 saturated heterocycles. The minimum Gasteiger partial charge on any atom is -0.456 e. The molecule has 0 radical (unpaired) electrons. The van der Waals surface area contributed by atoms with Gasteiger partial charge in [0.1, 0.15) is 18.2 Å². The van der Waals surface area contributed by atoms with Crippen LogP contribution in [0.1, 0.15) is 20.8 Å². The number of nitrogens with zero attached hydrogens (tertiary/aromatic N) is 1. The number of rotatable bonds is 1. The Morgan fingerprint density at radius 2 is 1.70 bits per heavy atom. The molecule has 0 fully saturated rings. The van der Waals surface area contributed by atoms with Crippen molar-refractivity contribution in [2.24, 2.45) is 7.05 Å². The van der Waals surface area contributed by atoms with E-state index in [0.29, 0.717) is 5.56 Å². The van der Waals surface area contributed by atoms with Gasteiger partial charge in [0, 0.05) is 15.1 Å². The fraction of sp³-hybridized carbons (Fsp3) is 0.160. The maximum atomic E-state index is 7.65. The lowest BCUT2D eigenvalue weighted by Crippen LogP contribution is -2.30. The molecular formula is C25H22NO+. The van der Waals surface area contributed by atoms with Crippen LogP contribution in [0.2, 0.25) is 0 Å². The third kappa shape index (κ3) is 2.44. The summed E-state index contributed by atoms with van der Waals surface area (Å²) in [5.41, 5.74) is 6.19. The van der Waals surface area contributed by atoms with Crippen molar-refractivity contribution in [3.8, 4) is 11.3 Å². The predicted molar refractivity (Wildman–Crippen MR) is 112 cm³/mol.